The van der Waals surface area contributed by atoms with E-state index in [0.717, 1.165) is 25.7 Å². The molecule has 0 aliphatic heterocycles. The molecule has 0 heterocycles. The van der Waals surface area contributed by atoms with Gasteiger partial charge >= 0.3 is 5.97 Å². The van der Waals surface area contributed by atoms with Gasteiger partial charge in [-0.1, -0.05) is 19.3 Å². The van der Waals surface area contributed by atoms with E-state index in [2.05, 4.69) is 10.1 Å². The van der Waals surface area contributed by atoms with E-state index in [1.165, 1.54) is 13.5 Å². The van der Waals surface area contributed by atoms with Crippen molar-refractivity contribution in [3.8, 4) is 0 Å². The number of carbonyl (C=O) groups is 2. The highest BCUT2D eigenvalue weighted by Crippen LogP contribution is 2.26. The third-order valence-electron chi connectivity index (χ3n) is 3.04. The molecular weight excluding hydrogens is 210 g/mol. The average Bonchev–Trinajstić information content (AvgIpc) is 2.35. The molecule has 1 atom stereocenters. The summed E-state index contributed by atoms with van der Waals surface area (Å²) < 4.78 is 4.68. The van der Waals surface area contributed by atoms with Crippen LogP contribution in [0, 0.1) is 5.92 Å². The zero-order valence-corrected chi connectivity index (χ0v) is 9.57. The van der Waals surface area contributed by atoms with Gasteiger partial charge in [-0.3, -0.25) is 4.79 Å². The second-order valence-electron chi connectivity index (χ2n) is 4.12. The Morgan fingerprint density at radius 2 is 2.00 bits per heavy atom. The van der Waals surface area contributed by atoms with Gasteiger partial charge in [-0.2, -0.15) is 0 Å². The molecule has 0 aromatic heterocycles. The fraction of sp³-hybridized carbons (Fsp3) is 0.818. The van der Waals surface area contributed by atoms with Crippen LogP contribution in [0.4, 0.5) is 0 Å². The summed E-state index contributed by atoms with van der Waals surface area (Å²) in [6.07, 6.45) is 5.18. The Kier molecular flexibility index (Phi) is 5.25. The van der Waals surface area contributed by atoms with E-state index in [1.807, 2.05) is 0 Å². The van der Waals surface area contributed by atoms with Crippen molar-refractivity contribution in [2.24, 2.45) is 5.92 Å². The van der Waals surface area contributed by atoms with Gasteiger partial charge in [0.2, 0.25) is 5.91 Å². The predicted octanol–water partition coefficient (Wildman–Crippen LogP) is 0.217. The highest BCUT2D eigenvalue weighted by Gasteiger charge is 2.31. The number of aliphatic hydroxyl groups excluding tert-OH is 1. The van der Waals surface area contributed by atoms with Gasteiger partial charge in [0.15, 0.2) is 0 Å². The molecular formula is C11H19NO4. The second-order valence-corrected chi connectivity index (χ2v) is 4.12. The first-order valence-corrected chi connectivity index (χ1v) is 5.67. The number of hydrogen-bond acceptors (Lipinski definition) is 4. The fourth-order valence-corrected chi connectivity index (χ4v) is 2.18. The summed E-state index contributed by atoms with van der Waals surface area (Å²) in [5.74, 6) is -0.814. The standard InChI is InChI=1S/C11H19NO4/c1-16-11(15)10(12-9(14)7-13)8-5-3-2-4-6-8/h8,10,13H,2-7H2,1H3,(H,12,14)/t10-/m1/s1. The molecule has 0 unspecified atom stereocenters. The molecule has 1 aliphatic carbocycles. The third-order valence-corrected chi connectivity index (χ3v) is 3.04. The summed E-state index contributed by atoms with van der Waals surface area (Å²) in [5.41, 5.74) is 0. The number of methoxy groups -OCH3 is 1. The first kappa shape index (κ1) is 13.0. The molecule has 1 rings (SSSR count). The van der Waals surface area contributed by atoms with E-state index in [1.54, 1.807) is 0 Å². The maximum Gasteiger partial charge on any atom is 0.328 e. The Morgan fingerprint density at radius 1 is 1.38 bits per heavy atom. The molecule has 1 aliphatic rings. The second kappa shape index (κ2) is 6.48. The number of aliphatic hydroxyl groups is 1. The van der Waals surface area contributed by atoms with Crippen molar-refractivity contribution in [3.63, 3.8) is 0 Å². The monoisotopic (exact) mass is 229 g/mol. The van der Waals surface area contributed by atoms with E-state index < -0.39 is 24.5 Å². The van der Waals surface area contributed by atoms with Crippen molar-refractivity contribution in [3.05, 3.63) is 0 Å². The Balaban J connectivity index is 2.61. The van der Waals surface area contributed by atoms with Crippen LogP contribution < -0.4 is 5.32 Å². The fourth-order valence-electron chi connectivity index (χ4n) is 2.18. The van der Waals surface area contributed by atoms with Gasteiger partial charge in [0.25, 0.3) is 0 Å². The van der Waals surface area contributed by atoms with Crippen LogP contribution in [-0.4, -0.2) is 36.7 Å². The van der Waals surface area contributed by atoms with E-state index >= 15 is 0 Å². The summed E-state index contributed by atoms with van der Waals surface area (Å²) in [6, 6.07) is -0.607. The lowest BCUT2D eigenvalue weighted by Crippen LogP contribution is -2.48. The third kappa shape index (κ3) is 3.48. The summed E-state index contributed by atoms with van der Waals surface area (Å²) in [6.45, 7) is -0.597. The molecule has 0 aromatic rings. The maximum absolute atomic E-state index is 11.5. The van der Waals surface area contributed by atoms with Crippen LogP contribution in [0.25, 0.3) is 0 Å². The predicted molar refractivity (Wildman–Crippen MR) is 57.6 cm³/mol. The molecule has 0 radical (unpaired) electrons. The minimum absolute atomic E-state index is 0.136. The molecule has 0 bridgehead atoms. The molecule has 0 aromatic carbocycles. The summed E-state index contributed by atoms with van der Waals surface area (Å²) >= 11 is 0. The molecule has 5 nitrogen and oxygen atoms in total. The van der Waals surface area contributed by atoms with Crippen LogP contribution in [-0.2, 0) is 14.3 Å². The van der Waals surface area contributed by atoms with Crippen LogP contribution in [0.3, 0.4) is 0 Å². The summed E-state index contributed by atoms with van der Waals surface area (Å²) in [5, 5.41) is 11.2. The summed E-state index contributed by atoms with van der Waals surface area (Å²) in [7, 11) is 1.31. The van der Waals surface area contributed by atoms with Crippen molar-refractivity contribution in [1.82, 2.24) is 5.32 Å². The smallest absolute Gasteiger partial charge is 0.328 e. The van der Waals surface area contributed by atoms with Crippen LogP contribution in [0.1, 0.15) is 32.1 Å². The highest BCUT2D eigenvalue weighted by atomic mass is 16.5. The van der Waals surface area contributed by atoms with E-state index in [-0.39, 0.29) is 5.92 Å². The van der Waals surface area contributed by atoms with Crippen molar-refractivity contribution in [2.45, 2.75) is 38.1 Å². The van der Waals surface area contributed by atoms with Crippen molar-refractivity contribution >= 4 is 11.9 Å². The largest absolute Gasteiger partial charge is 0.467 e. The lowest BCUT2D eigenvalue weighted by Gasteiger charge is -2.28. The first-order chi connectivity index (χ1) is 7.69. The van der Waals surface area contributed by atoms with Gasteiger partial charge in [-0.25, -0.2) is 4.79 Å². The van der Waals surface area contributed by atoms with Gasteiger partial charge in [0.1, 0.15) is 12.6 Å². The number of ether oxygens (including phenoxy) is 1. The molecule has 0 spiro atoms. The SMILES string of the molecule is COC(=O)[C@H](NC(=O)CO)C1CCCCC1. The van der Waals surface area contributed by atoms with Crippen LogP contribution in [0.15, 0.2) is 0 Å². The molecule has 1 amide bonds. The van der Waals surface area contributed by atoms with E-state index in [9.17, 15) is 9.59 Å². The van der Waals surface area contributed by atoms with Crippen LogP contribution in [0.5, 0.6) is 0 Å². The number of hydrogen-bond donors (Lipinski definition) is 2. The zero-order chi connectivity index (χ0) is 12.0. The lowest BCUT2D eigenvalue weighted by molar-refractivity contribution is -0.147. The summed E-state index contributed by atoms with van der Waals surface area (Å²) in [4.78, 5) is 22.7. The van der Waals surface area contributed by atoms with Gasteiger partial charge in [-0.15, -0.1) is 0 Å². The van der Waals surface area contributed by atoms with E-state index in [0.29, 0.717) is 0 Å². The molecule has 2 N–H and O–H groups in total. The van der Waals surface area contributed by atoms with Gasteiger partial charge in [0.05, 0.1) is 7.11 Å². The van der Waals surface area contributed by atoms with Crippen molar-refractivity contribution < 1.29 is 19.4 Å². The highest BCUT2D eigenvalue weighted by molar-refractivity contribution is 5.85. The number of nitrogens with one attached hydrogen (secondary N) is 1. The molecule has 16 heavy (non-hydrogen) atoms. The molecule has 0 saturated heterocycles. The number of amides is 1. The molecule has 92 valence electrons. The minimum Gasteiger partial charge on any atom is -0.467 e. The molecule has 1 fully saturated rings. The van der Waals surface area contributed by atoms with Gasteiger partial charge < -0.3 is 15.2 Å². The van der Waals surface area contributed by atoms with Crippen LogP contribution in [0.2, 0.25) is 0 Å². The van der Waals surface area contributed by atoms with Crippen molar-refractivity contribution in [1.29, 1.82) is 0 Å². The molecule has 1 saturated carbocycles. The normalized spacial score (nSPS) is 18.9. The first-order valence-electron chi connectivity index (χ1n) is 5.67. The minimum atomic E-state index is -0.607. The average molecular weight is 229 g/mol. The number of esters is 1. The zero-order valence-electron chi connectivity index (χ0n) is 9.57. The van der Waals surface area contributed by atoms with Gasteiger partial charge in [-0.05, 0) is 18.8 Å². The Labute approximate surface area is 95.2 Å². The topological polar surface area (TPSA) is 75.6 Å². The number of rotatable bonds is 4. The maximum atomic E-state index is 11.5. The Hall–Kier alpha value is -1.10. The molecule has 5 heteroatoms. The quantitative estimate of drug-likeness (QED) is 0.676. The number of carbonyl (C=O) groups excluding carboxylic acids is 2. The van der Waals surface area contributed by atoms with Gasteiger partial charge in [0, 0.05) is 0 Å². The van der Waals surface area contributed by atoms with Crippen LogP contribution >= 0.6 is 0 Å². The van der Waals surface area contributed by atoms with Crippen molar-refractivity contribution in [2.75, 3.05) is 13.7 Å². The Bertz CT molecular complexity index is 248. The Morgan fingerprint density at radius 3 is 2.50 bits per heavy atom. The van der Waals surface area contributed by atoms with E-state index in [4.69, 9.17) is 5.11 Å². The lowest BCUT2D eigenvalue weighted by atomic mass is 9.84.